The Hall–Kier alpha value is -2.43. The Balaban J connectivity index is 1.82. The van der Waals surface area contributed by atoms with E-state index in [4.69, 9.17) is 10.5 Å². The number of carbonyl (C=O) groups is 1. The highest BCUT2D eigenvalue weighted by atomic mass is 16.5. The van der Waals surface area contributed by atoms with Gasteiger partial charge in [0, 0.05) is 24.0 Å². The number of carbonyl (C=O) groups excluding carboxylic acids is 1. The zero-order chi connectivity index (χ0) is 14.1. The van der Waals surface area contributed by atoms with E-state index in [0.717, 1.165) is 12.8 Å². The highest BCUT2D eigenvalue weighted by molar-refractivity contribution is 6.04. The molecule has 1 fully saturated rings. The van der Waals surface area contributed by atoms with Gasteiger partial charge in [-0.05, 0) is 31.0 Å². The first-order valence-electron chi connectivity index (χ1n) is 6.60. The molecule has 3 rings (SSSR count). The van der Waals surface area contributed by atoms with E-state index < -0.39 is 0 Å². The SMILES string of the molecule is COc1cccc(NC(=O)c2cc(N)cn2C2CC2)c1. The molecule has 20 heavy (non-hydrogen) atoms. The fourth-order valence-corrected chi connectivity index (χ4v) is 2.23. The zero-order valence-electron chi connectivity index (χ0n) is 11.3. The van der Waals surface area contributed by atoms with Crippen LogP contribution in [0.2, 0.25) is 0 Å². The summed E-state index contributed by atoms with van der Waals surface area (Å²) >= 11 is 0. The fraction of sp³-hybridized carbons (Fsp3) is 0.267. The van der Waals surface area contributed by atoms with Gasteiger partial charge in [0.1, 0.15) is 11.4 Å². The number of aromatic nitrogens is 1. The largest absolute Gasteiger partial charge is 0.497 e. The summed E-state index contributed by atoms with van der Waals surface area (Å²) in [6.07, 6.45) is 4.04. The number of rotatable bonds is 4. The molecule has 0 radical (unpaired) electrons. The van der Waals surface area contributed by atoms with Crippen LogP contribution in [0.3, 0.4) is 0 Å². The van der Waals surface area contributed by atoms with Gasteiger partial charge in [-0.3, -0.25) is 4.79 Å². The standard InChI is InChI=1S/C15H17N3O2/c1-20-13-4-2-3-11(8-13)17-15(19)14-7-10(16)9-18(14)12-5-6-12/h2-4,7-9,12H,5-6,16H2,1H3,(H,17,19). The van der Waals surface area contributed by atoms with Crippen molar-refractivity contribution >= 4 is 17.3 Å². The number of ether oxygens (including phenoxy) is 1. The van der Waals surface area contributed by atoms with Gasteiger partial charge in [-0.1, -0.05) is 6.07 Å². The van der Waals surface area contributed by atoms with Gasteiger partial charge in [0.25, 0.3) is 5.91 Å². The van der Waals surface area contributed by atoms with Gasteiger partial charge in [0.15, 0.2) is 0 Å². The molecule has 3 N–H and O–H groups in total. The first-order valence-corrected chi connectivity index (χ1v) is 6.60. The number of anilines is 2. The summed E-state index contributed by atoms with van der Waals surface area (Å²) in [4.78, 5) is 12.4. The lowest BCUT2D eigenvalue weighted by atomic mass is 10.3. The van der Waals surface area contributed by atoms with Gasteiger partial charge >= 0.3 is 0 Å². The van der Waals surface area contributed by atoms with Crippen LogP contribution in [0.15, 0.2) is 36.5 Å². The van der Waals surface area contributed by atoms with Gasteiger partial charge < -0.3 is 20.4 Å². The minimum absolute atomic E-state index is 0.151. The third-order valence-electron chi connectivity index (χ3n) is 3.37. The number of hydrogen-bond acceptors (Lipinski definition) is 3. The average Bonchev–Trinajstić information content (AvgIpc) is 3.21. The van der Waals surface area contributed by atoms with Crippen LogP contribution in [0.5, 0.6) is 5.75 Å². The number of hydrogen-bond donors (Lipinski definition) is 2. The molecule has 1 aliphatic rings. The van der Waals surface area contributed by atoms with Crippen molar-refractivity contribution in [3.63, 3.8) is 0 Å². The highest BCUT2D eigenvalue weighted by Crippen LogP contribution is 2.37. The molecule has 1 heterocycles. The molecular formula is C15H17N3O2. The van der Waals surface area contributed by atoms with Crippen LogP contribution in [0, 0.1) is 0 Å². The second-order valence-electron chi connectivity index (χ2n) is 4.98. The Morgan fingerprint density at radius 1 is 1.40 bits per heavy atom. The van der Waals surface area contributed by atoms with E-state index in [9.17, 15) is 4.79 Å². The summed E-state index contributed by atoms with van der Waals surface area (Å²) in [6, 6.07) is 9.41. The van der Waals surface area contributed by atoms with E-state index >= 15 is 0 Å². The maximum absolute atomic E-state index is 12.4. The number of methoxy groups -OCH3 is 1. The van der Waals surface area contributed by atoms with E-state index in [1.807, 2.05) is 29.0 Å². The zero-order valence-corrected chi connectivity index (χ0v) is 11.3. The van der Waals surface area contributed by atoms with E-state index in [2.05, 4.69) is 5.32 Å². The number of amides is 1. The predicted molar refractivity (Wildman–Crippen MR) is 78.1 cm³/mol. The lowest BCUT2D eigenvalue weighted by molar-refractivity contribution is 0.101. The molecule has 1 saturated carbocycles. The third-order valence-corrected chi connectivity index (χ3v) is 3.37. The third kappa shape index (κ3) is 2.47. The van der Waals surface area contributed by atoms with Crippen LogP contribution in [0.4, 0.5) is 11.4 Å². The molecule has 5 heteroatoms. The summed E-state index contributed by atoms with van der Waals surface area (Å²) in [5, 5.41) is 2.87. The molecule has 5 nitrogen and oxygen atoms in total. The van der Waals surface area contributed by atoms with E-state index in [1.54, 1.807) is 19.2 Å². The van der Waals surface area contributed by atoms with Crippen molar-refractivity contribution in [3.05, 3.63) is 42.2 Å². The van der Waals surface area contributed by atoms with E-state index in [1.165, 1.54) is 0 Å². The number of nitrogens with zero attached hydrogens (tertiary/aromatic N) is 1. The molecule has 1 aromatic heterocycles. The second-order valence-corrected chi connectivity index (χ2v) is 4.98. The Morgan fingerprint density at radius 2 is 2.20 bits per heavy atom. The Morgan fingerprint density at radius 3 is 2.90 bits per heavy atom. The van der Waals surface area contributed by atoms with Crippen LogP contribution in [-0.2, 0) is 0 Å². The topological polar surface area (TPSA) is 69.3 Å². The summed E-state index contributed by atoms with van der Waals surface area (Å²) in [6.45, 7) is 0. The van der Waals surface area contributed by atoms with Gasteiger partial charge in [0.2, 0.25) is 0 Å². The molecule has 2 aromatic rings. The summed E-state index contributed by atoms with van der Waals surface area (Å²) in [7, 11) is 1.60. The maximum Gasteiger partial charge on any atom is 0.272 e. The molecule has 1 aromatic carbocycles. The smallest absolute Gasteiger partial charge is 0.272 e. The van der Waals surface area contributed by atoms with Gasteiger partial charge in [-0.15, -0.1) is 0 Å². The van der Waals surface area contributed by atoms with Gasteiger partial charge in [-0.25, -0.2) is 0 Å². The maximum atomic E-state index is 12.4. The number of nitrogens with two attached hydrogens (primary N) is 1. The van der Waals surface area contributed by atoms with Gasteiger partial charge in [-0.2, -0.15) is 0 Å². The Kier molecular flexibility index (Phi) is 3.10. The number of benzene rings is 1. The lowest BCUT2D eigenvalue weighted by Crippen LogP contribution is -2.16. The summed E-state index contributed by atoms with van der Waals surface area (Å²) in [5.74, 6) is 0.557. The molecule has 0 aliphatic heterocycles. The van der Waals surface area contributed by atoms with Crippen molar-refractivity contribution in [3.8, 4) is 5.75 Å². The molecule has 0 saturated heterocycles. The second kappa shape index (κ2) is 4.92. The summed E-state index contributed by atoms with van der Waals surface area (Å²) < 4.78 is 7.10. The number of nitrogens with one attached hydrogen (secondary N) is 1. The van der Waals surface area contributed by atoms with E-state index in [0.29, 0.717) is 28.9 Å². The molecule has 1 amide bonds. The van der Waals surface area contributed by atoms with Crippen molar-refractivity contribution in [1.29, 1.82) is 0 Å². The average molecular weight is 271 g/mol. The lowest BCUT2D eigenvalue weighted by Gasteiger charge is -2.09. The minimum Gasteiger partial charge on any atom is -0.497 e. The fourth-order valence-electron chi connectivity index (χ4n) is 2.23. The quantitative estimate of drug-likeness (QED) is 0.898. The molecule has 0 atom stereocenters. The van der Waals surface area contributed by atoms with Crippen molar-refractivity contribution < 1.29 is 9.53 Å². The molecular weight excluding hydrogens is 254 g/mol. The van der Waals surface area contributed by atoms with Crippen molar-refractivity contribution in [2.24, 2.45) is 0 Å². The molecule has 1 aliphatic carbocycles. The van der Waals surface area contributed by atoms with Crippen LogP contribution in [0.1, 0.15) is 29.4 Å². The first kappa shape index (κ1) is 12.6. The van der Waals surface area contributed by atoms with Crippen molar-refractivity contribution in [1.82, 2.24) is 4.57 Å². The van der Waals surface area contributed by atoms with Crippen molar-refractivity contribution in [2.75, 3.05) is 18.2 Å². The highest BCUT2D eigenvalue weighted by Gasteiger charge is 2.27. The monoisotopic (exact) mass is 271 g/mol. The van der Waals surface area contributed by atoms with Crippen LogP contribution in [-0.4, -0.2) is 17.6 Å². The first-order chi connectivity index (χ1) is 9.67. The predicted octanol–water partition coefficient (Wildman–Crippen LogP) is 2.67. The van der Waals surface area contributed by atoms with Crippen LogP contribution < -0.4 is 15.8 Å². The van der Waals surface area contributed by atoms with Gasteiger partial charge in [0.05, 0.1) is 12.8 Å². The van der Waals surface area contributed by atoms with E-state index in [-0.39, 0.29) is 5.91 Å². The van der Waals surface area contributed by atoms with Crippen molar-refractivity contribution in [2.45, 2.75) is 18.9 Å². The van der Waals surface area contributed by atoms with Crippen LogP contribution >= 0.6 is 0 Å². The molecule has 0 spiro atoms. The number of nitrogen functional groups attached to an aromatic ring is 1. The van der Waals surface area contributed by atoms with Crippen LogP contribution in [0.25, 0.3) is 0 Å². The Labute approximate surface area is 117 Å². The summed E-state index contributed by atoms with van der Waals surface area (Å²) in [5.41, 5.74) is 7.73. The normalized spacial score (nSPS) is 14.1. The minimum atomic E-state index is -0.151. The molecule has 0 unspecified atom stereocenters. The molecule has 104 valence electrons. The molecule has 0 bridgehead atoms. The Bertz CT molecular complexity index is 644.